The minimum atomic E-state index is -3.30. The highest BCUT2D eigenvalue weighted by Crippen LogP contribution is 2.11. The molecule has 0 amide bonds. The monoisotopic (exact) mass is 272 g/mol. The third-order valence-electron chi connectivity index (χ3n) is 2.07. The summed E-state index contributed by atoms with van der Waals surface area (Å²) >= 11 is 0. The van der Waals surface area contributed by atoms with Gasteiger partial charge in [0.05, 0.1) is 17.6 Å². The van der Waals surface area contributed by atoms with Crippen LogP contribution in [-0.4, -0.2) is 40.3 Å². The fourth-order valence-corrected chi connectivity index (χ4v) is 1.74. The Balaban J connectivity index is 2.74. The summed E-state index contributed by atoms with van der Waals surface area (Å²) in [6.07, 6.45) is 1.07. The van der Waals surface area contributed by atoms with Crippen LogP contribution in [0.5, 0.6) is 0 Å². The number of methoxy groups -OCH3 is 1. The molecule has 0 aliphatic carbocycles. The van der Waals surface area contributed by atoms with Gasteiger partial charge in [-0.05, 0) is 24.3 Å². The number of hydrogen-bond donors (Lipinski definition) is 0. The van der Waals surface area contributed by atoms with Crippen LogP contribution >= 0.6 is 0 Å². The van der Waals surface area contributed by atoms with Crippen molar-refractivity contribution >= 4 is 21.8 Å². The van der Waals surface area contributed by atoms with E-state index in [4.69, 9.17) is 0 Å². The molecule has 1 aromatic rings. The van der Waals surface area contributed by atoms with Crippen molar-refractivity contribution in [3.8, 4) is 0 Å². The van der Waals surface area contributed by atoms with E-state index in [2.05, 4.69) is 9.47 Å². The first-order valence-electron chi connectivity index (χ1n) is 4.88. The molecule has 0 heterocycles. The molecule has 0 aliphatic heterocycles. The van der Waals surface area contributed by atoms with Gasteiger partial charge in [-0.1, -0.05) is 0 Å². The van der Waals surface area contributed by atoms with E-state index in [0.717, 1.165) is 6.26 Å². The fraction of sp³-hybridized carbons (Fsp3) is 0.273. The smallest absolute Gasteiger partial charge is 0.344 e. The number of carbonyl (C=O) groups is 2. The maximum Gasteiger partial charge on any atom is 0.344 e. The molecule has 0 saturated carbocycles. The molecule has 0 unspecified atom stereocenters. The van der Waals surface area contributed by atoms with Crippen LogP contribution in [0.3, 0.4) is 0 Å². The molecular formula is C11H12O6S. The van der Waals surface area contributed by atoms with Gasteiger partial charge in [0.25, 0.3) is 0 Å². The van der Waals surface area contributed by atoms with Crippen molar-refractivity contribution in [3.05, 3.63) is 29.8 Å². The number of ether oxygens (including phenoxy) is 2. The van der Waals surface area contributed by atoms with Gasteiger partial charge < -0.3 is 9.47 Å². The highest BCUT2D eigenvalue weighted by atomic mass is 32.2. The van der Waals surface area contributed by atoms with E-state index in [9.17, 15) is 18.0 Å². The standard InChI is InChI=1S/C11H12O6S/c1-16-10(12)7-17-11(13)8-3-5-9(6-4-8)18(2,14)15/h3-6H,7H2,1-2H3. The van der Waals surface area contributed by atoms with Crippen molar-refractivity contribution in [3.63, 3.8) is 0 Å². The summed E-state index contributed by atoms with van der Waals surface area (Å²) in [5.41, 5.74) is 0.159. The lowest BCUT2D eigenvalue weighted by molar-refractivity contribution is -0.144. The minimum Gasteiger partial charge on any atom is -0.466 e. The van der Waals surface area contributed by atoms with Crippen LogP contribution in [0.4, 0.5) is 0 Å². The summed E-state index contributed by atoms with van der Waals surface area (Å²) in [4.78, 5) is 22.3. The summed E-state index contributed by atoms with van der Waals surface area (Å²) in [7, 11) is -2.12. The summed E-state index contributed by atoms with van der Waals surface area (Å²) in [5.74, 6) is -1.39. The Morgan fingerprint density at radius 2 is 1.72 bits per heavy atom. The van der Waals surface area contributed by atoms with Crippen LogP contribution in [0.15, 0.2) is 29.2 Å². The van der Waals surface area contributed by atoms with Gasteiger partial charge in [0.1, 0.15) is 0 Å². The number of sulfone groups is 1. The lowest BCUT2D eigenvalue weighted by Gasteiger charge is -2.04. The van der Waals surface area contributed by atoms with Gasteiger partial charge in [0, 0.05) is 6.26 Å². The predicted molar refractivity (Wildman–Crippen MR) is 61.9 cm³/mol. The molecule has 0 aliphatic rings. The second-order valence-electron chi connectivity index (χ2n) is 3.45. The van der Waals surface area contributed by atoms with Gasteiger partial charge >= 0.3 is 11.9 Å². The normalized spacial score (nSPS) is 10.8. The van der Waals surface area contributed by atoms with Crippen molar-refractivity contribution in [1.29, 1.82) is 0 Å². The van der Waals surface area contributed by atoms with Crippen molar-refractivity contribution in [2.45, 2.75) is 4.90 Å². The minimum absolute atomic E-state index is 0.104. The van der Waals surface area contributed by atoms with Gasteiger partial charge in [0.15, 0.2) is 16.4 Å². The van der Waals surface area contributed by atoms with Crippen LogP contribution in [0.25, 0.3) is 0 Å². The average Bonchev–Trinajstić information content (AvgIpc) is 2.34. The SMILES string of the molecule is COC(=O)COC(=O)c1ccc(S(C)(=O)=O)cc1. The van der Waals surface area contributed by atoms with Crippen LogP contribution in [0, 0.1) is 0 Å². The molecule has 6 nitrogen and oxygen atoms in total. The molecule has 0 aromatic heterocycles. The molecule has 1 aromatic carbocycles. The molecular weight excluding hydrogens is 260 g/mol. The number of hydrogen-bond acceptors (Lipinski definition) is 6. The third-order valence-corrected chi connectivity index (χ3v) is 3.20. The molecule has 0 fully saturated rings. The predicted octanol–water partition coefficient (Wildman–Crippen LogP) is 0.420. The first kappa shape index (κ1) is 14.2. The van der Waals surface area contributed by atoms with Gasteiger partial charge in [-0.3, -0.25) is 0 Å². The Hall–Kier alpha value is -1.89. The maximum atomic E-state index is 11.4. The fourth-order valence-electron chi connectivity index (χ4n) is 1.10. The van der Waals surface area contributed by atoms with Crippen LogP contribution in [0.2, 0.25) is 0 Å². The zero-order valence-electron chi connectivity index (χ0n) is 9.87. The van der Waals surface area contributed by atoms with Crippen LogP contribution < -0.4 is 0 Å². The topological polar surface area (TPSA) is 86.7 Å². The van der Waals surface area contributed by atoms with Crippen molar-refractivity contribution in [1.82, 2.24) is 0 Å². The summed E-state index contributed by atoms with van der Waals surface area (Å²) in [6.45, 7) is -0.483. The summed E-state index contributed by atoms with van der Waals surface area (Å²) in [5, 5.41) is 0. The second-order valence-corrected chi connectivity index (χ2v) is 5.46. The van der Waals surface area contributed by atoms with Crippen LogP contribution in [0.1, 0.15) is 10.4 Å². The average molecular weight is 272 g/mol. The van der Waals surface area contributed by atoms with Crippen molar-refractivity contribution < 1.29 is 27.5 Å². The summed E-state index contributed by atoms with van der Waals surface area (Å²) < 4.78 is 31.3. The zero-order chi connectivity index (χ0) is 13.8. The Labute approximate surface area is 104 Å². The Morgan fingerprint density at radius 1 is 1.17 bits per heavy atom. The lowest BCUT2D eigenvalue weighted by Crippen LogP contribution is -2.15. The number of benzene rings is 1. The highest BCUT2D eigenvalue weighted by molar-refractivity contribution is 7.90. The molecule has 0 atom stereocenters. The van der Waals surface area contributed by atoms with Crippen molar-refractivity contribution in [2.24, 2.45) is 0 Å². The molecule has 98 valence electrons. The molecule has 7 heteroatoms. The van der Waals surface area contributed by atoms with E-state index in [1.165, 1.54) is 31.4 Å². The quantitative estimate of drug-likeness (QED) is 0.738. The van der Waals surface area contributed by atoms with E-state index in [-0.39, 0.29) is 10.5 Å². The van der Waals surface area contributed by atoms with E-state index < -0.39 is 28.4 Å². The molecule has 0 saturated heterocycles. The molecule has 0 spiro atoms. The summed E-state index contributed by atoms with van der Waals surface area (Å²) in [6, 6.07) is 5.22. The molecule has 1 rings (SSSR count). The van der Waals surface area contributed by atoms with Gasteiger partial charge in [0.2, 0.25) is 0 Å². The third kappa shape index (κ3) is 3.85. The Kier molecular flexibility index (Phi) is 4.43. The molecule has 0 bridgehead atoms. The lowest BCUT2D eigenvalue weighted by atomic mass is 10.2. The van der Waals surface area contributed by atoms with E-state index in [1.807, 2.05) is 0 Å². The van der Waals surface area contributed by atoms with Gasteiger partial charge in [-0.25, -0.2) is 18.0 Å². The first-order valence-corrected chi connectivity index (χ1v) is 6.78. The van der Waals surface area contributed by atoms with Gasteiger partial charge in [-0.15, -0.1) is 0 Å². The Morgan fingerprint density at radius 3 is 2.17 bits per heavy atom. The van der Waals surface area contributed by atoms with Crippen molar-refractivity contribution in [2.75, 3.05) is 20.0 Å². The number of rotatable bonds is 4. The molecule has 18 heavy (non-hydrogen) atoms. The second kappa shape index (κ2) is 5.63. The largest absolute Gasteiger partial charge is 0.466 e. The highest BCUT2D eigenvalue weighted by Gasteiger charge is 2.12. The number of esters is 2. The first-order chi connectivity index (χ1) is 8.34. The number of carbonyl (C=O) groups excluding carboxylic acids is 2. The molecule has 0 radical (unpaired) electrons. The van der Waals surface area contributed by atoms with Gasteiger partial charge in [-0.2, -0.15) is 0 Å². The van der Waals surface area contributed by atoms with E-state index in [1.54, 1.807) is 0 Å². The zero-order valence-corrected chi connectivity index (χ0v) is 10.7. The van der Waals surface area contributed by atoms with E-state index in [0.29, 0.717) is 0 Å². The Bertz CT molecular complexity index is 543. The molecule has 0 N–H and O–H groups in total. The maximum absolute atomic E-state index is 11.4. The van der Waals surface area contributed by atoms with Crippen LogP contribution in [-0.2, 0) is 24.1 Å². The van der Waals surface area contributed by atoms with E-state index >= 15 is 0 Å².